The molecule has 0 atom stereocenters. The summed E-state index contributed by atoms with van der Waals surface area (Å²) in [5.74, 6) is -0.181. The molecule has 21 heavy (non-hydrogen) atoms. The molecule has 0 bridgehead atoms. The molecular formula is C16H19F3NO. The highest BCUT2D eigenvalue weighted by molar-refractivity contribution is 5.67. The number of hydrogen-bond acceptors (Lipinski definition) is 2. The Labute approximate surface area is 123 Å². The predicted molar refractivity (Wildman–Crippen MR) is 76.8 cm³/mol. The molecule has 115 valence electrons. The Morgan fingerprint density at radius 3 is 2.43 bits per heavy atom. The summed E-state index contributed by atoms with van der Waals surface area (Å²) in [4.78, 5) is 2.36. The van der Waals surface area contributed by atoms with Gasteiger partial charge in [0.25, 0.3) is 0 Å². The second-order valence-electron chi connectivity index (χ2n) is 5.06. The van der Waals surface area contributed by atoms with Crippen molar-refractivity contribution in [2.75, 3.05) is 19.6 Å². The summed E-state index contributed by atoms with van der Waals surface area (Å²) in [5.41, 5.74) is 2.14. The third-order valence-electron chi connectivity index (χ3n) is 3.48. The minimum atomic E-state index is -4.64. The Morgan fingerprint density at radius 1 is 1.19 bits per heavy atom. The standard InChI is InChI=1S/C16H19F3NO/c1-2-3-10-20-11-8-14(9-12-20)13-4-6-15(7-5-13)21-16(17,18)19/h4-8H,1-3,9-12H2. The maximum absolute atomic E-state index is 12.1. The summed E-state index contributed by atoms with van der Waals surface area (Å²) < 4.78 is 40.2. The van der Waals surface area contributed by atoms with Gasteiger partial charge in [-0.1, -0.05) is 31.6 Å². The normalized spacial score (nSPS) is 16.7. The fourth-order valence-electron chi connectivity index (χ4n) is 2.38. The van der Waals surface area contributed by atoms with Crippen molar-refractivity contribution in [1.82, 2.24) is 4.90 Å². The molecule has 2 rings (SSSR count). The number of halogens is 3. The smallest absolute Gasteiger partial charge is 0.406 e. The minimum absolute atomic E-state index is 0.181. The van der Waals surface area contributed by atoms with E-state index >= 15 is 0 Å². The quantitative estimate of drug-likeness (QED) is 0.804. The second-order valence-corrected chi connectivity index (χ2v) is 5.06. The molecule has 0 spiro atoms. The van der Waals surface area contributed by atoms with E-state index in [0.29, 0.717) is 0 Å². The first-order valence-electron chi connectivity index (χ1n) is 7.05. The van der Waals surface area contributed by atoms with E-state index in [9.17, 15) is 13.2 Å². The summed E-state index contributed by atoms with van der Waals surface area (Å²) in [6.07, 6.45) is 0.448. The average Bonchev–Trinajstić information content (AvgIpc) is 2.45. The van der Waals surface area contributed by atoms with Gasteiger partial charge in [-0.25, -0.2) is 0 Å². The van der Waals surface area contributed by atoms with Crippen LogP contribution in [-0.4, -0.2) is 30.9 Å². The van der Waals surface area contributed by atoms with Gasteiger partial charge < -0.3 is 4.74 Å². The molecule has 1 aromatic rings. The second kappa shape index (κ2) is 6.98. The van der Waals surface area contributed by atoms with Gasteiger partial charge in [0.1, 0.15) is 5.75 Å². The molecule has 1 aliphatic rings. The van der Waals surface area contributed by atoms with Gasteiger partial charge in [0.2, 0.25) is 0 Å². The van der Waals surface area contributed by atoms with Crippen LogP contribution in [-0.2, 0) is 0 Å². The molecule has 0 N–H and O–H groups in total. The zero-order chi connectivity index (χ0) is 15.3. The molecule has 1 aromatic carbocycles. The average molecular weight is 298 g/mol. The van der Waals surface area contributed by atoms with Crippen LogP contribution in [0.25, 0.3) is 5.57 Å². The first-order valence-corrected chi connectivity index (χ1v) is 7.05. The van der Waals surface area contributed by atoms with Crippen LogP contribution in [0.3, 0.4) is 0 Å². The maximum atomic E-state index is 12.1. The lowest BCUT2D eigenvalue weighted by Crippen LogP contribution is -2.29. The molecular weight excluding hydrogens is 279 g/mol. The highest BCUT2D eigenvalue weighted by Crippen LogP contribution is 2.27. The molecule has 2 nitrogen and oxygen atoms in total. The maximum Gasteiger partial charge on any atom is 0.573 e. The predicted octanol–water partition coefficient (Wildman–Crippen LogP) is 4.29. The highest BCUT2D eigenvalue weighted by atomic mass is 19.4. The van der Waals surface area contributed by atoms with Crippen molar-refractivity contribution in [3.8, 4) is 5.75 Å². The van der Waals surface area contributed by atoms with Crippen molar-refractivity contribution in [2.24, 2.45) is 0 Å². The van der Waals surface area contributed by atoms with Crippen molar-refractivity contribution < 1.29 is 17.9 Å². The van der Waals surface area contributed by atoms with Gasteiger partial charge in [0.05, 0.1) is 0 Å². The monoisotopic (exact) mass is 298 g/mol. The van der Waals surface area contributed by atoms with E-state index in [4.69, 9.17) is 0 Å². The number of alkyl halides is 3. The number of benzene rings is 1. The highest BCUT2D eigenvalue weighted by Gasteiger charge is 2.31. The summed E-state index contributed by atoms with van der Waals surface area (Å²) in [6.45, 7) is 6.74. The van der Waals surface area contributed by atoms with Crippen molar-refractivity contribution in [3.05, 3.63) is 42.8 Å². The van der Waals surface area contributed by atoms with Crippen LogP contribution in [0.1, 0.15) is 24.8 Å². The lowest BCUT2D eigenvalue weighted by Gasteiger charge is -2.26. The third kappa shape index (κ3) is 5.08. The molecule has 0 aliphatic carbocycles. The summed E-state index contributed by atoms with van der Waals surface area (Å²) in [5, 5.41) is 0. The van der Waals surface area contributed by atoms with E-state index in [1.54, 1.807) is 12.1 Å². The number of rotatable bonds is 5. The van der Waals surface area contributed by atoms with Crippen LogP contribution in [0.2, 0.25) is 0 Å². The van der Waals surface area contributed by atoms with Gasteiger partial charge in [0.15, 0.2) is 0 Å². The summed E-state index contributed by atoms with van der Waals surface area (Å²) in [7, 11) is 0. The molecule has 1 aliphatic heterocycles. The summed E-state index contributed by atoms with van der Waals surface area (Å²) in [6, 6.07) is 6.08. The topological polar surface area (TPSA) is 12.5 Å². The molecule has 1 heterocycles. The zero-order valence-electron chi connectivity index (χ0n) is 11.8. The Balaban J connectivity index is 1.95. The molecule has 0 saturated heterocycles. The Hall–Kier alpha value is -1.49. The molecule has 5 heteroatoms. The van der Waals surface area contributed by atoms with E-state index in [1.807, 2.05) is 0 Å². The third-order valence-corrected chi connectivity index (χ3v) is 3.48. The zero-order valence-corrected chi connectivity index (χ0v) is 11.8. The number of unbranched alkanes of at least 4 members (excludes halogenated alkanes) is 1. The lowest BCUT2D eigenvalue weighted by molar-refractivity contribution is -0.274. The van der Waals surface area contributed by atoms with Gasteiger partial charge in [-0.05, 0) is 42.7 Å². The van der Waals surface area contributed by atoms with Gasteiger partial charge in [-0.2, -0.15) is 0 Å². The Kier molecular flexibility index (Phi) is 5.28. The number of nitrogens with zero attached hydrogens (tertiary/aromatic N) is 1. The van der Waals surface area contributed by atoms with Gasteiger partial charge in [-0.15, -0.1) is 13.2 Å². The SMILES string of the molecule is [CH2]CCCN1CC=C(c2ccc(OC(F)(F)F)cc2)CC1. The Morgan fingerprint density at radius 2 is 1.90 bits per heavy atom. The largest absolute Gasteiger partial charge is 0.573 e. The van der Waals surface area contributed by atoms with Crippen LogP contribution < -0.4 is 4.74 Å². The van der Waals surface area contributed by atoms with E-state index in [2.05, 4.69) is 22.6 Å². The van der Waals surface area contributed by atoms with Crippen molar-refractivity contribution in [1.29, 1.82) is 0 Å². The van der Waals surface area contributed by atoms with E-state index in [0.717, 1.165) is 44.5 Å². The molecule has 0 amide bonds. The van der Waals surface area contributed by atoms with E-state index < -0.39 is 6.36 Å². The van der Waals surface area contributed by atoms with E-state index in [-0.39, 0.29) is 5.75 Å². The van der Waals surface area contributed by atoms with Gasteiger partial charge in [-0.3, -0.25) is 4.90 Å². The van der Waals surface area contributed by atoms with Gasteiger partial charge >= 0.3 is 6.36 Å². The minimum Gasteiger partial charge on any atom is -0.406 e. The first kappa shape index (κ1) is 15.9. The fourth-order valence-corrected chi connectivity index (χ4v) is 2.38. The van der Waals surface area contributed by atoms with Crippen molar-refractivity contribution in [3.63, 3.8) is 0 Å². The lowest BCUT2D eigenvalue weighted by atomic mass is 9.99. The van der Waals surface area contributed by atoms with Crippen LogP contribution in [0.4, 0.5) is 13.2 Å². The molecule has 0 unspecified atom stereocenters. The number of hydrogen-bond donors (Lipinski definition) is 0. The molecule has 1 radical (unpaired) electrons. The molecule has 0 aromatic heterocycles. The van der Waals surface area contributed by atoms with Crippen LogP contribution in [0, 0.1) is 6.92 Å². The summed E-state index contributed by atoms with van der Waals surface area (Å²) >= 11 is 0. The van der Waals surface area contributed by atoms with Gasteiger partial charge in [0, 0.05) is 13.1 Å². The van der Waals surface area contributed by atoms with Crippen LogP contribution >= 0.6 is 0 Å². The first-order chi connectivity index (χ1) is 9.98. The molecule has 0 fully saturated rings. The van der Waals surface area contributed by atoms with Crippen LogP contribution in [0.5, 0.6) is 5.75 Å². The Bertz CT molecular complexity index is 479. The molecule has 0 saturated carbocycles. The van der Waals surface area contributed by atoms with Crippen molar-refractivity contribution in [2.45, 2.75) is 25.6 Å². The van der Waals surface area contributed by atoms with Crippen molar-refractivity contribution >= 4 is 5.57 Å². The number of ether oxygens (including phenoxy) is 1. The van der Waals surface area contributed by atoms with E-state index in [1.165, 1.54) is 17.7 Å². The fraction of sp³-hybridized carbons (Fsp3) is 0.438. The van der Waals surface area contributed by atoms with Crippen LogP contribution in [0.15, 0.2) is 30.3 Å².